The number of aromatic hydroxyl groups is 1. The van der Waals surface area contributed by atoms with Crippen molar-refractivity contribution in [2.75, 3.05) is 0 Å². The molecule has 0 unspecified atom stereocenters. The van der Waals surface area contributed by atoms with Crippen LogP contribution >= 0.6 is 0 Å². The Morgan fingerprint density at radius 2 is 1.77 bits per heavy atom. The maximum Gasteiger partial charge on any atom is 0.209 e. The van der Waals surface area contributed by atoms with Crippen LogP contribution in [0.2, 0.25) is 0 Å². The number of fused-ring (bicyclic) bond motifs is 3. The fraction of sp³-hybridized carbons (Fsp3) is 0.318. The Bertz CT molecular complexity index is 1180. The topological polar surface area (TPSA) is 178 Å². The number of nitrogens with two attached hydrogens (primary N) is 1. The van der Waals surface area contributed by atoms with Gasteiger partial charge < -0.3 is 31.3 Å². The van der Waals surface area contributed by atoms with E-state index in [0.717, 1.165) is 6.92 Å². The van der Waals surface area contributed by atoms with E-state index in [9.17, 15) is 39.9 Å². The summed E-state index contributed by atoms with van der Waals surface area (Å²) in [7, 11) is 0. The lowest BCUT2D eigenvalue weighted by molar-refractivity contribution is -0.154. The fourth-order valence-corrected chi connectivity index (χ4v) is 5.11. The number of hydrogen-bond donors (Lipinski definition) is 6. The fourth-order valence-electron chi connectivity index (χ4n) is 5.11. The molecule has 0 saturated carbocycles. The van der Waals surface area contributed by atoms with E-state index in [1.54, 1.807) is 13.0 Å². The number of carbonyl (C=O) groups is 3. The predicted octanol–water partition coefficient (Wildman–Crippen LogP) is 0.371. The van der Waals surface area contributed by atoms with Crippen molar-refractivity contribution in [3.63, 3.8) is 0 Å². The summed E-state index contributed by atoms with van der Waals surface area (Å²) in [6.45, 7) is 6.56. The van der Waals surface area contributed by atoms with E-state index in [1.165, 1.54) is 6.07 Å². The van der Waals surface area contributed by atoms with Gasteiger partial charge in [-0.25, -0.2) is 0 Å². The molecular weight excluding hydrogens is 406 g/mol. The maximum absolute atomic E-state index is 13.3. The second-order valence-corrected chi connectivity index (χ2v) is 8.20. The van der Waals surface area contributed by atoms with Crippen LogP contribution in [0.25, 0.3) is 5.57 Å². The Morgan fingerprint density at radius 1 is 1.16 bits per heavy atom. The Labute approximate surface area is 176 Å². The van der Waals surface area contributed by atoms with Crippen molar-refractivity contribution >= 4 is 22.9 Å². The molecular formula is C22H21NO8. The van der Waals surface area contributed by atoms with Gasteiger partial charge >= 0.3 is 0 Å². The van der Waals surface area contributed by atoms with Crippen molar-refractivity contribution in [2.45, 2.75) is 31.6 Å². The van der Waals surface area contributed by atoms with Crippen LogP contribution in [0.15, 0.2) is 41.4 Å². The molecule has 31 heavy (non-hydrogen) atoms. The monoisotopic (exact) mass is 427 g/mol. The van der Waals surface area contributed by atoms with Crippen LogP contribution in [0.4, 0.5) is 0 Å². The summed E-state index contributed by atoms with van der Waals surface area (Å²) in [5.41, 5.74) is 2.56. The van der Waals surface area contributed by atoms with Crippen LogP contribution in [-0.2, 0) is 9.59 Å². The Balaban J connectivity index is 2.06. The van der Waals surface area contributed by atoms with Gasteiger partial charge in [0.2, 0.25) is 5.78 Å². The minimum Gasteiger partial charge on any atom is -0.510 e. The van der Waals surface area contributed by atoms with E-state index < -0.39 is 75.3 Å². The van der Waals surface area contributed by atoms with Gasteiger partial charge in [-0.15, -0.1) is 0 Å². The lowest BCUT2D eigenvalue weighted by Gasteiger charge is -2.50. The average molecular weight is 427 g/mol. The summed E-state index contributed by atoms with van der Waals surface area (Å²) in [5.74, 6) is -8.41. The van der Waals surface area contributed by atoms with E-state index in [-0.39, 0.29) is 16.7 Å². The molecule has 0 spiro atoms. The van der Waals surface area contributed by atoms with Crippen molar-refractivity contribution in [1.29, 1.82) is 0 Å². The minimum atomic E-state index is -2.93. The molecule has 3 aliphatic carbocycles. The molecule has 0 heterocycles. The predicted molar refractivity (Wildman–Crippen MR) is 107 cm³/mol. The van der Waals surface area contributed by atoms with Gasteiger partial charge in [-0.3, -0.25) is 14.4 Å². The Hall–Kier alpha value is -3.27. The number of aliphatic hydroxyl groups excluding tert-OH is 3. The van der Waals surface area contributed by atoms with Crippen LogP contribution in [-0.4, -0.2) is 60.6 Å². The SMILES string of the molecule is C=C1c2c(C)ccc(O)c2C(=O)C2=C(O)[C@]3(O)C(=O)C(C(C)=O)=C(O)[C@@H](N)[C@@H]3[C@@H](O)[C@H]12. The number of Topliss-reactive ketones (excluding diaryl/α,β-unsaturated/α-hetero) is 3. The third-order valence-electron chi connectivity index (χ3n) is 6.56. The Kier molecular flexibility index (Phi) is 4.31. The molecule has 1 aromatic rings. The van der Waals surface area contributed by atoms with Gasteiger partial charge in [-0.1, -0.05) is 12.6 Å². The molecule has 0 saturated heterocycles. The highest BCUT2D eigenvalue weighted by Crippen LogP contribution is 2.54. The normalized spacial score (nSPS) is 32.6. The zero-order chi connectivity index (χ0) is 23.2. The van der Waals surface area contributed by atoms with Gasteiger partial charge in [0.15, 0.2) is 17.2 Å². The maximum atomic E-state index is 13.3. The van der Waals surface area contributed by atoms with E-state index >= 15 is 0 Å². The van der Waals surface area contributed by atoms with Crippen molar-refractivity contribution < 1.29 is 39.9 Å². The van der Waals surface area contributed by atoms with E-state index in [1.807, 2.05) is 0 Å². The zero-order valence-electron chi connectivity index (χ0n) is 16.7. The smallest absolute Gasteiger partial charge is 0.209 e. The number of aryl methyl sites for hydroxylation is 1. The second-order valence-electron chi connectivity index (χ2n) is 8.20. The van der Waals surface area contributed by atoms with Crippen molar-refractivity contribution in [3.8, 4) is 5.75 Å². The highest BCUT2D eigenvalue weighted by Gasteiger charge is 2.65. The number of phenols is 1. The molecule has 0 amide bonds. The first-order chi connectivity index (χ1) is 14.4. The lowest BCUT2D eigenvalue weighted by Crippen LogP contribution is -2.67. The number of carbonyl (C=O) groups excluding carboxylic acids is 3. The number of hydrogen-bond acceptors (Lipinski definition) is 9. The zero-order valence-corrected chi connectivity index (χ0v) is 16.7. The summed E-state index contributed by atoms with van der Waals surface area (Å²) >= 11 is 0. The highest BCUT2D eigenvalue weighted by molar-refractivity contribution is 6.26. The van der Waals surface area contributed by atoms with Crippen molar-refractivity contribution in [1.82, 2.24) is 0 Å². The highest BCUT2D eigenvalue weighted by atomic mass is 16.4. The van der Waals surface area contributed by atoms with Crippen LogP contribution in [0.5, 0.6) is 5.75 Å². The third kappa shape index (κ3) is 2.33. The minimum absolute atomic E-state index is 0.166. The molecule has 7 N–H and O–H groups in total. The van der Waals surface area contributed by atoms with Crippen LogP contribution < -0.4 is 5.73 Å². The molecule has 9 heteroatoms. The molecule has 162 valence electrons. The first-order valence-electron chi connectivity index (χ1n) is 9.52. The van der Waals surface area contributed by atoms with Gasteiger partial charge in [0.05, 0.1) is 29.2 Å². The molecule has 3 aliphatic rings. The summed E-state index contributed by atoms with van der Waals surface area (Å²) < 4.78 is 0. The van der Waals surface area contributed by atoms with Crippen LogP contribution in [0.3, 0.4) is 0 Å². The molecule has 4 rings (SSSR count). The van der Waals surface area contributed by atoms with Gasteiger partial charge in [0.25, 0.3) is 0 Å². The third-order valence-corrected chi connectivity index (χ3v) is 6.56. The van der Waals surface area contributed by atoms with Crippen molar-refractivity contribution in [2.24, 2.45) is 17.6 Å². The van der Waals surface area contributed by atoms with Gasteiger partial charge in [-0.2, -0.15) is 0 Å². The molecule has 1 aromatic carbocycles. The van der Waals surface area contributed by atoms with Gasteiger partial charge in [0.1, 0.15) is 22.8 Å². The number of ketones is 3. The number of aliphatic hydroxyl groups is 4. The van der Waals surface area contributed by atoms with E-state index in [4.69, 9.17) is 5.73 Å². The molecule has 9 nitrogen and oxygen atoms in total. The van der Waals surface area contributed by atoms with Crippen molar-refractivity contribution in [3.05, 3.63) is 58.1 Å². The standard InChI is InChI=1S/C22H21NO8/c1-6-4-5-9(25)13-10(6)7(2)11-14(17(13)26)21(30)22(31)15(18(11)27)16(23)19(28)12(8(3)24)20(22)29/h4-5,11,15-16,18,25,27-28,30-31H,2,23H2,1,3H3/t11-,15-,16+,18+,22-/m1/s1. The van der Waals surface area contributed by atoms with Crippen LogP contribution in [0.1, 0.15) is 28.4 Å². The van der Waals surface area contributed by atoms with Crippen LogP contribution in [0, 0.1) is 18.8 Å². The number of rotatable bonds is 1. The Morgan fingerprint density at radius 3 is 2.35 bits per heavy atom. The lowest BCUT2D eigenvalue weighted by atomic mass is 9.56. The largest absolute Gasteiger partial charge is 0.510 e. The van der Waals surface area contributed by atoms with E-state index in [2.05, 4.69) is 6.58 Å². The summed E-state index contributed by atoms with van der Waals surface area (Å²) in [4.78, 5) is 38.3. The summed E-state index contributed by atoms with van der Waals surface area (Å²) in [5, 5.41) is 54.1. The van der Waals surface area contributed by atoms with Gasteiger partial charge in [-0.05, 0) is 36.6 Å². The molecule has 0 bridgehead atoms. The summed E-state index contributed by atoms with van der Waals surface area (Å²) in [6.07, 6.45) is -1.73. The average Bonchev–Trinajstić information content (AvgIpc) is 2.69. The number of phenolic OH excluding ortho intramolecular Hbond substituents is 1. The first kappa shape index (κ1) is 21.0. The van der Waals surface area contributed by atoms with E-state index in [0.29, 0.717) is 5.56 Å². The second kappa shape index (κ2) is 6.36. The quantitative estimate of drug-likeness (QED) is 0.345. The molecule has 0 fully saturated rings. The number of benzene rings is 1. The summed E-state index contributed by atoms with van der Waals surface area (Å²) in [6, 6.07) is 1.25. The molecule has 0 radical (unpaired) electrons. The van der Waals surface area contributed by atoms with Gasteiger partial charge in [0, 0.05) is 5.92 Å². The first-order valence-corrected chi connectivity index (χ1v) is 9.52. The molecule has 5 atom stereocenters. The molecule has 0 aliphatic heterocycles. The molecule has 0 aromatic heterocycles.